The van der Waals surface area contributed by atoms with Crippen molar-refractivity contribution >= 4 is 21.9 Å². The lowest BCUT2D eigenvalue weighted by Crippen LogP contribution is -2.45. The molecule has 140 valence electrons. The summed E-state index contributed by atoms with van der Waals surface area (Å²) in [5, 5.41) is 0. The van der Waals surface area contributed by atoms with Crippen LogP contribution in [0.15, 0.2) is 29.2 Å². The molecule has 0 aromatic heterocycles. The second-order valence-corrected chi connectivity index (χ2v) is 7.16. The number of nitrogens with two attached hydrogens (primary N) is 1. The number of rotatable bonds is 7. The predicted molar refractivity (Wildman–Crippen MR) is 80.5 cm³/mol. The Balaban J connectivity index is 3.08. The number of hydrogen-bond acceptors (Lipinski definition) is 5. The van der Waals surface area contributed by atoms with Gasteiger partial charge in [-0.25, -0.2) is 8.42 Å². The van der Waals surface area contributed by atoms with Crippen molar-refractivity contribution in [2.45, 2.75) is 31.0 Å². The van der Waals surface area contributed by atoms with Crippen LogP contribution in [0.1, 0.15) is 19.4 Å². The van der Waals surface area contributed by atoms with Crippen LogP contribution < -0.4 is 10.5 Å². The Morgan fingerprint density at radius 2 is 1.88 bits per heavy atom. The van der Waals surface area contributed by atoms with Crippen LogP contribution in [0.4, 0.5) is 13.2 Å². The van der Waals surface area contributed by atoms with Crippen LogP contribution in [0, 0.1) is 5.92 Å². The zero-order valence-electron chi connectivity index (χ0n) is 13.3. The first-order chi connectivity index (χ1) is 11.3. The van der Waals surface area contributed by atoms with Crippen LogP contribution in [-0.2, 0) is 30.5 Å². The van der Waals surface area contributed by atoms with Gasteiger partial charge in [0.15, 0.2) is 6.61 Å². The molecule has 0 aliphatic carbocycles. The van der Waals surface area contributed by atoms with Crippen LogP contribution in [0.2, 0.25) is 0 Å². The molecule has 1 aromatic rings. The maximum absolute atomic E-state index is 12.7. The van der Waals surface area contributed by atoms with E-state index in [9.17, 15) is 31.2 Å². The highest BCUT2D eigenvalue weighted by Crippen LogP contribution is 2.30. The Hall–Kier alpha value is -2.14. The third kappa shape index (κ3) is 6.02. The number of primary amides is 1. The first-order valence-electron chi connectivity index (χ1n) is 6.99. The Bertz CT molecular complexity index is 747. The molecule has 1 rings (SSSR count). The fourth-order valence-electron chi connectivity index (χ4n) is 1.76. The zero-order valence-corrected chi connectivity index (χ0v) is 14.1. The smallest absolute Gasteiger partial charge is 0.416 e. The summed E-state index contributed by atoms with van der Waals surface area (Å²) in [4.78, 5) is 21.9. The number of alkyl halides is 3. The van der Waals surface area contributed by atoms with Gasteiger partial charge in [0.2, 0.25) is 10.0 Å². The highest BCUT2D eigenvalue weighted by Gasteiger charge is 2.33. The molecule has 0 radical (unpaired) electrons. The summed E-state index contributed by atoms with van der Waals surface area (Å²) in [7, 11) is -4.44. The van der Waals surface area contributed by atoms with Crippen molar-refractivity contribution < 1.29 is 35.9 Å². The SMILES string of the molecule is CC(C)[C@@H](NS(=O)(=O)c1cccc(C(F)(F)F)c1)C(=O)OCC(N)=O. The summed E-state index contributed by atoms with van der Waals surface area (Å²) < 4.78 is 69.3. The van der Waals surface area contributed by atoms with Crippen LogP contribution in [-0.4, -0.2) is 32.9 Å². The molecule has 1 amide bonds. The first-order valence-corrected chi connectivity index (χ1v) is 8.47. The van der Waals surface area contributed by atoms with Gasteiger partial charge in [0.1, 0.15) is 6.04 Å². The van der Waals surface area contributed by atoms with E-state index in [0.717, 1.165) is 18.2 Å². The quantitative estimate of drug-likeness (QED) is 0.684. The Kier molecular flexibility index (Phi) is 6.54. The topological polar surface area (TPSA) is 116 Å². The molecular formula is C14H17F3N2O5S. The van der Waals surface area contributed by atoms with Gasteiger partial charge in [-0.1, -0.05) is 19.9 Å². The van der Waals surface area contributed by atoms with Crippen LogP contribution in [0.25, 0.3) is 0 Å². The lowest BCUT2D eigenvalue weighted by molar-refractivity contribution is -0.150. The van der Waals surface area contributed by atoms with E-state index in [2.05, 4.69) is 4.74 Å². The van der Waals surface area contributed by atoms with E-state index < -0.39 is 57.1 Å². The van der Waals surface area contributed by atoms with Crippen molar-refractivity contribution in [3.8, 4) is 0 Å². The maximum atomic E-state index is 12.7. The minimum Gasteiger partial charge on any atom is -0.454 e. The van der Waals surface area contributed by atoms with Gasteiger partial charge in [-0.15, -0.1) is 0 Å². The van der Waals surface area contributed by atoms with Gasteiger partial charge in [0, 0.05) is 0 Å². The number of nitrogens with one attached hydrogen (secondary N) is 1. The number of hydrogen-bond donors (Lipinski definition) is 2. The highest BCUT2D eigenvalue weighted by molar-refractivity contribution is 7.89. The van der Waals surface area contributed by atoms with E-state index >= 15 is 0 Å². The number of carbonyl (C=O) groups excluding carboxylic acids is 2. The first kappa shape index (κ1) is 20.9. The fourth-order valence-corrected chi connectivity index (χ4v) is 3.14. The molecule has 0 aliphatic heterocycles. The second-order valence-electron chi connectivity index (χ2n) is 5.44. The number of sulfonamides is 1. The molecule has 0 unspecified atom stereocenters. The third-order valence-electron chi connectivity index (χ3n) is 3.03. The van der Waals surface area contributed by atoms with E-state index in [-0.39, 0.29) is 0 Å². The minimum absolute atomic E-state index is 0.453. The van der Waals surface area contributed by atoms with Crippen molar-refractivity contribution in [3.05, 3.63) is 29.8 Å². The Morgan fingerprint density at radius 1 is 1.28 bits per heavy atom. The molecule has 1 aromatic carbocycles. The Morgan fingerprint density at radius 3 is 2.36 bits per heavy atom. The number of amides is 1. The number of carbonyl (C=O) groups is 2. The van der Waals surface area contributed by atoms with E-state index in [1.807, 2.05) is 4.72 Å². The molecule has 3 N–H and O–H groups in total. The monoisotopic (exact) mass is 382 g/mol. The molecule has 0 fully saturated rings. The predicted octanol–water partition coefficient (Wildman–Crippen LogP) is 1.04. The van der Waals surface area contributed by atoms with Crippen molar-refractivity contribution in [2.24, 2.45) is 11.7 Å². The second kappa shape index (κ2) is 7.83. The van der Waals surface area contributed by atoms with Gasteiger partial charge in [0.25, 0.3) is 5.91 Å². The van der Waals surface area contributed by atoms with Crippen molar-refractivity contribution in [1.82, 2.24) is 4.72 Å². The molecule has 25 heavy (non-hydrogen) atoms. The summed E-state index contributed by atoms with van der Waals surface area (Å²) in [6.45, 7) is 2.24. The minimum atomic E-state index is -4.72. The van der Waals surface area contributed by atoms with Gasteiger partial charge in [-0.3, -0.25) is 9.59 Å². The van der Waals surface area contributed by atoms with Gasteiger partial charge < -0.3 is 10.5 Å². The largest absolute Gasteiger partial charge is 0.454 e. The molecule has 0 saturated carbocycles. The summed E-state index contributed by atoms with van der Waals surface area (Å²) >= 11 is 0. The number of esters is 1. The molecule has 7 nitrogen and oxygen atoms in total. The van der Waals surface area contributed by atoms with Crippen LogP contribution in [0.5, 0.6) is 0 Å². The average molecular weight is 382 g/mol. The summed E-state index contributed by atoms with van der Waals surface area (Å²) in [6.07, 6.45) is -4.72. The lowest BCUT2D eigenvalue weighted by Gasteiger charge is -2.20. The van der Waals surface area contributed by atoms with E-state index in [0.29, 0.717) is 6.07 Å². The summed E-state index contributed by atoms with van der Waals surface area (Å²) in [5.74, 6) is -2.60. The van der Waals surface area contributed by atoms with Crippen molar-refractivity contribution in [1.29, 1.82) is 0 Å². The normalized spacial score (nSPS) is 13.5. The fraction of sp³-hybridized carbons (Fsp3) is 0.429. The van der Waals surface area contributed by atoms with Gasteiger partial charge in [-0.2, -0.15) is 17.9 Å². The lowest BCUT2D eigenvalue weighted by atomic mass is 10.1. The molecule has 0 aliphatic rings. The summed E-state index contributed by atoms with van der Waals surface area (Å²) in [6, 6.07) is 1.67. The van der Waals surface area contributed by atoms with E-state index in [4.69, 9.17) is 5.73 Å². The zero-order chi connectivity index (χ0) is 19.4. The van der Waals surface area contributed by atoms with Crippen molar-refractivity contribution in [3.63, 3.8) is 0 Å². The van der Waals surface area contributed by atoms with Crippen LogP contribution in [0.3, 0.4) is 0 Å². The van der Waals surface area contributed by atoms with E-state index in [1.54, 1.807) is 0 Å². The number of ether oxygens (including phenoxy) is 1. The molecule has 0 spiro atoms. The maximum Gasteiger partial charge on any atom is 0.416 e. The average Bonchev–Trinajstić information content (AvgIpc) is 2.49. The molecule has 1 atom stereocenters. The van der Waals surface area contributed by atoms with E-state index in [1.165, 1.54) is 13.8 Å². The van der Waals surface area contributed by atoms with Crippen molar-refractivity contribution in [2.75, 3.05) is 6.61 Å². The molecule has 0 saturated heterocycles. The van der Waals surface area contributed by atoms with Gasteiger partial charge in [-0.05, 0) is 24.1 Å². The third-order valence-corrected chi connectivity index (χ3v) is 4.47. The van der Waals surface area contributed by atoms with Crippen LogP contribution >= 0.6 is 0 Å². The molecule has 0 bridgehead atoms. The molecular weight excluding hydrogens is 365 g/mol. The molecule has 11 heteroatoms. The highest BCUT2D eigenvalue weighted by atomic mass is 32.2. The molecule has 0 heterocycles. The Labute approximate surface area is 142 Å². The number of halogens is 3. The van der Waals surface area contributed by atoms with Gasteiger partial charge >= 0.3 is 12.1 Å². The van der Waals surface area contributed by atoms with Gasteiger partial charge in [0.05, 0.1) is 10.5 Å². The number of benzene rings is 1. The summed E-state index contributed by atoms with van der Waals surface area (Å²) in [5.41, 5.74) is 3.69. The standard InChI is InChI=1S/C14H17F3N2O5S/c1-8(2)12(13(21)24-7-11(18)20)19-25(22,23)10-5-3-4-9(6-10)14(15,16)17/h3-6,8,12,19H,7H2,1-2H3,(H2,18,20)/t12-/m1/s1.